The van der Waals surface area contributed by atoms with Crippen LogP contribution >= 0.6 is 12.6 Å². The van der Waals surface area contributed by atoms with Gasteiger partial charge in [0.2, 0.25) is 0 Å². The molecule has 2 aromatic rings. The molecule has 2 aromatic heterocycles. The maximum absolute atomic E-state index is 4.08. The first-order valence-electron chi connectivity index (χ1n) is 2.71. The fourth-order valence-electron chi connectivity index (χ4n) is 0.744. The van der Waals surface area contributed by atoms with Crippen molar-refractivity contribution in [3.05, 3.63) is 18.7 Å². The largest absolute Gasteiger partial charge is 0.233 e. The van der Waals surface area contributed by atoms with Crippen LogP contribution in [0.4, 0.5) is 0 Å². The standard InChI is InChI=1S/C5H4N4S/c10-5-4-6-1-2-9(4)8-3-7-5/h1-3H,(H,7,8,10). The average molecular weight is 152 g/mol. The summed E-state index contributed by atoms with van der Waals surface area (Å²) in [4.78, 5) is 7.83. The molecule has 4 nitrogen and oxygen atoms in total. The van der Waals surface area contributed by atoms with Crippen molar-refractivity contribution < 1.29 is 0 Å². The number of nitrogens with zero attached hydrogens (tertiary/aromatic N) is 4. The Morgan fingerprint density at radius 2 is 2.30 bits per heavy atom. The molecule has 0 aliphatic carbocycles. The van der Waals surface area contributed by atoms with Crippen molar-refractivity contribution in [1.29, 1.82) is 0 Å². The summed E-state index contributed by atoms with van der Waals surface area (Å²) in [5, 5.41) is 4.49. The lowest BCUT2D eigenvalue weighted by Crippen LogP contribution is -1.91. The van der Waals surface area contributed by atoms with Gasteiger partial charge < -0.3 is 0 Å². The summed E-state index contributed by atoms with van der Waals surface area (Å²) in [7, 11) is 0. The molecule has 0 radical (unpaired) electrons. The molecule has 0 saturated carbocycles. The summed E-state index contributed by atoms with van der Waals surface area (Å²) in [5.74, 6) is 0. The molecule has 0 saturated heterocycles. The molecule has 0 aromatic carbocycles. The van der Waals surface area contributed by atoms with E-state index in [0.29, 0.717) is 10.7 Å². The molecular formula is C5H4N4S. The molecule has 10 heavy (non-hydrogen) atoms. The van der Waals surface area contributed by atoms with Crippen molar-refractivity contribution in [3.63, 3.8) is 0 Å². The van der Waals surface area contributed by atoms with Gasteiger partial charge in [0.15, 0.2) is 5.65 Å². The highest BCUT2D eigenvalue weighted by Gasteiger charge is 1.97. The van der Waals surface area contributed by atoms with E-state index < -0.39 is 0 Å². The Bertz CT molecular complexity index is 355. The molecule has 0 fully saturated rings. The van der Waals surface area contributed by atoms with Gasteiger partial charge in [-0.1, -0.05) is 0 Å². The van der Waals surface area contributed by atoms with Gasteiger partial charge in [-0.25, -0.2) is 14.5 Å². The summed E-state index contributed by atoms with van der Waals surface area (Å²) in [6.45, 7) is 0. The van der Waals surface area contributed by atoms with Gasteiger partial charge in [0.25, 0.3) is 0 Å². The SMILES string of the molecule is Sc1ncnn2ccnc12. The summed E-state index contributed by atoms with van der Waals surface area (Å²) in [5.41, 5.74) is 0.686. The van der Waals surface area contributed by atoms with Crippen LogP contribution in [0, 0.1) is 0 Å². The van der Waals surface area contributed by atoms with Crippen LogP contribution < -0.4 is 0 Å². The summed E-state index contributed by atoms with van der Waals surface area (Å²) < 4.78 is 1.62. The Morgan fingerprint density at radius 1 is 1.40 bits per heavy atom. The van der Waals surface area contributed by atoms with Crippen LogP contribution in [0.1, 0.15) is 0 Å². The van der Waals surface area contributed by atoms with E-state index in [-0.39, 0.29) is 0 Å². The van der Waals surface area contributed by atoms with E-state index >= 15 is 0 Å². The number of aromatic nitrogens is 4. The van der Waals surface area contributed by atoms with Gasteiger partial charge in [0.05, 0.1) is 0 Å². The third kappa shape index (κ3) is 0.672. The van der Waals surface area contributed by atoms with E-state index in [1.54, 1.807) is 16.9 Å². The van der Waals surface area contributed by atoms with Gasteiger partial charge in [-0.3, -0.25) is 0 Å². The van der Waals surface area contributed by atoms with Crippen LogP contribution in [0.5, 0.6) is 0 Å². The maximum atomic E-state index is 4.08. The molecule has 0 aliphatic heterocycles. The van der Waals surface area contributed by atoms with Crippen molar-refractivity contribution in [2.75, 3.05) is 0 Å². The first kappa shape index (κ1) is 5.67. The third-order valence-corrected chi connectivity index (χ3v) is 1.49. The zero-order valence-corrected chi connectivity index (χ0v) is 5.86. The van der Waals surface area contributed by atoms with Crippen LogP contribution in [0.15, 0.2) is 23.7 Å². The van der Waals surface area contributed by atoms with Gasteiger partial charge in [-0.2, -0.15) is 5.10 Å². The third-order valence-electron chi connectivity index (χ3n) is 1.18. The first-order valence-corrected chi connectivity index (χ1v) is 3.16. The Labute approximate surface area is 62.3 Å². The predicted molar refractivity (Wildman–Crippen MR) is 38.0 cm³/mol. The molecule has 0 spiro atoms. The number of rotatable bonds is 0. The zero-order valence-electron chi connectivity index (χ0n) is 4.97. The number of imidazole rings is 1. The molecule has 0 atom stereocenters. The molecule has 0 amide bonds. The number of hydrogen-bond acceptors (Lipinski definition) is 4. The molecule has 0 N–H and O–H groups in total. The molecule has 5 heteroatoms. The molecule has 2 heterocycles. The highest BCUT2D eigenvalue weighted by Crippen LogP contribution is 2.05. The van der Waals surface area contributed by atoms with Gasteiger partial charge >= 0.3 is 0 Å². The first-order chi connectivity index (χ1) is 4.88. The monoisotopic (exact) mass is 152 g/mol. The fourth-order valence-corrected chi connectivity index (χ4v) is 0.956. The van der Waals surface area contributed by atoms with Gasteiger partial charge in [-0.05, 0) is 0 Å². The predicted octanol–water partition coefficient (Wildman–Crippen LogP) is 0.413. The second kappa shape index (κ2) is 1.95. The van der Waals surface area contributed by atoms with Crippen LogP contribution in [-0.4, -0.2) is 19.6 Å². The highest BCUT2D eigenvalue weighted by molar-refractivity contribution is 7.80. The average Bonchev–Trinajstić information content (AvgIpc) is 2.36. The minimum atomic E-state index is 0.597. The van der Waals surface area contributed by atoms with E-state index in [0.717, 1.165) is 0 Å². The van der Waals surface area contributed by atoms with E-state index in [1.807, 2.05) is 0 Å². The molecular weight excluding hydrogens is 148 g/mol. The van der Waals surface area contributed by atoms with Crippen molar-refractivity contribution in [2.24, 2.45) is 0 Å². The topological polar surface area (TPSA) is 43.1 Å². The molecule has 0 bridgehead atoms. The number of fused-ring (bicyclic) bond motifs is 1. The second-order valence-corrected chi connectivity index (χ2v) is 2.20. The quantitative estimate of drug-likeness (QED) is 0.556. The molecule has 0 unspecified atom stereocenters. The normalized spacial score (nSPS) is 10.5. The van der Waals surface area contributed by atoms with Gasteiger partial charge in [0, 0.05) is 12.4 Å². The van der Waals surface area contributed by atoms with Crippen molar-refractivity contribution >= 4 is 18.3 Å². The lowest BCUT2D eigenvalue weighted by molar-refractivity contribution is 0.859. The van der Waals surface area contributed by atoms with Crippen molar-refractivity contribution in [2.45, 2.75) is 5.03 Å². The van der Waals surface area contributed by atoms with E-state index in [4.69, 9.17) is 0 Å². The van der Waals surface area contributed by atoms with Crippen molar-refractivity contribution in [3.8, 4) is 0 Å². The fraction of sp³-hybridized carbons (Fsp3) is 0. The summed E-state index contributed by atoms with van der Waals surface area (Å²) in [6.07, 6.45) is 4.84. The highest BCUT2D eigenvalue weighted by atomic mass is 32.1. The maximum Gasteiger partial charge on any atom is 0.186 e. The number of thiol groups is 1. The summed E-state index contributed by atoms with van der Waals surface area (Å²) in [6, 6.07) is 0. The second-order valence-electron chi connectivity index (χ2n) is 1.78. The van der Waals surface area contributed by atoms with Crippen LogP contribution in [0.3, 0.4) is 0 Å². The zero-order chi connectivity index (χ0) is 6.97. The number of hydrogen-bond donors (Lipinski definition) is 1. The smallest absolute Gasteiger partial charge is 0.186 e. The lowest BCUT2D eigenvalue weighted by Gasteiger charge is -1.91. The van der Waals surface area contributed by atoms with E-state index in [1.165, 1.54) is 6.33 Å². The lowest BCUT2D eigenvalue weighted by atomic mass is 10.8. The van der Waals surface area contributed by atoms with E-state index in [9.17, 15) is 0 Å². The Hall–Kier alpha value is -1.10. The van der Waals surface area contributed by atoms with Gasteiger partial charge in [-0.15, -0.1) is 12.6 Å². The molecule has 0 aliphatic rings. The summed E-state index contributed by atoms with van der Waals surface area (Å²) >= 11 is 4.08. The van der Waals surface area contributed by atoms with Crippen LogP contribution in [-0.2, 0) is 0 Å². The van der Waals surface area contributed by atoms with Gasteiger partial charge in [0.1, 0.15) is 11.4 Å². The Balaban J connectivity index is 2.95. The molecule has 50 valence electrons. The molecule has 2 rings (SSSR count). The minimum absolute atomic E-state index is 0.597. The Morgan fingerprint density at radius 3 is 3.10 bits per heavy atom. The van der Waals surface area contributed by atoms with Crippen LogP contribution in [0.2, 0.25) is 0 Å². The van der Waals surface area contributed by atoms with E-state index in [2.05, 4.69) is 27.7 Å². The Kier molecular flexibility index (Phi) is 1.10. The van der Waals surface area contributed by atoms with Crippen molar-refractivity contribution in [1.82, 2.24) is 19.6 Å². The van der Waals surface area contributed by atoms with Crippen LogP contribution in [0.25, 0.3) is 5.65 Å². The minimum Gasteiger partial charge on any atom is -0.233 e.